The van der Waals surface area contributed by atoms with Crippen molar-refractivity contribution >= 4 is 11.8 Å². The maximum Gasteiger partial charge on any atom is 0.242 e. The minimum Gasteiger partial charge on any atom is -0.372 e. The monoisotopic (exact) mass is 327 g/mol. The van der Waals surface area contributed by atoms with E-state index in [0.29, 0.717) is 12.5 Å². The van der Waals surface area contributed by atoms with E-state index in [0.717, 1.165) is 19.6 Å². The molecular weight excluding hydrogens is 302 g/mol. The first kappa shape index (κ1) is 16.6. The van der Waals surface area contributed by atoms with Crippen molar-refractivity contribution < 1.29 is 9.59 Å². The lowest BCUT2D eigenvalue weighted by atomic mass is 10.1. The molecule has 0 saturated carbocycles. The highest BCUT2D eigenvalue weighted by Crippen LogP contribution is 2.30. The fourth-order valence-electron chi connectivity index (χ4n) is 3.54. The molecule has 0 radical (unpaired) electrons. The summed E-state index contributed by atoms with van der Waals surface area (Å²) in [4.78, 5) is 27.2. The second-order valence-electron chi connectivity index (χ2n) is 6.94. The van der Waals surface area contributed by atoms with Crippen LogP contribution in [0.3, 0.4) is 0 Å². The lowest BCUT2D eigenvalue weighted by molar-refractivity contribution is -0.131. The van der Waals surface area contributed by atoms with Crippen LogP contribution in [0.5, 0.6) is 0 Å². The Morgan fingerprint density at radius 1 is 1.25 bits per heavy atom. The number of rotatable bonds is 4. The van der Waals surface area contributed by atoms with Crippen LogP contribution in [0.4, 0.5) is 0 Å². The maximum atomic E-state index is 12.1. The lowest BCUT2D eigenvalue weighted by Gasteiger charge is -2.22. The number of hydrogen-bond acceptors (Lipinski definition) is 3. The van der Waals surface area contributed by atoms with Crippen LogP contribution < -0.4 is 5.32 Å². The highest BCUT2D eigenvalue weighted by molar-refractivity contribution is 5.84. The molecule has 0 spiro atoms. The second-order valence-corrected chi connectivity index (χ2v) is 6.94. The Labute approximate surface area is 143 Å². The highest BCUT2D eigenvalue weighted by atomic mass is 16.2. The number of likely N-dealkylation sites (tertiary alicyclic amines) is 1. The van der Waals surface area contributed by atoms with Crippen LogP contribution in [-0.4, -0.2) is 47.8 Å². The third kappa shape index (κ3) is 3.61. The van der Waals surface area contributed by atoms with Gasteiger partial charge in [0.1, 0.15) is 0 Å². The molecule has 1 saturated heterocycles. The smallest absolute Gasteiger partial charge is 0.242 e. The Hall–Kier alpha value is -2.30. The molecule has 1 fully saturated rings. The Morgan fingerprint density at radius 3 is 2.71 bits per heavy atom. The van der Waals surface area contributed by atoms with E-state index in [1.807, 2.05) is 4.90 Å². The first-order chi connectivity index (χ1) is 11.4. The van der Waals surface area contributed by atoms with Gasteiger partial charge in [-0.25, -0.2) is 0 Å². The zero-order chi connectivity index (χ0) is 17.3. The third-order valence-corrected chi connectivity index (χ3v) is 4.85. The molecule has 2 amide bonds. The molecule has 1 aromatic rings. The van der Waals surface area contributed by atoms with Crippen LogP contribution in [0, 0.1) is 19.8 Å². The summed E-state index contributed by atoms with van der Waals surface area (Å²) in [5, 5.41) is 2.58. The van der Waals surface area contributed by atoms with Crippen molar-refractivity contribution in [3.05, 3.63) is 46.7 Å². The average Bonchev–Trinajstić information content (AvgIpc) is 3.06. The second kappa shape index (κ2) is 6.67. The number of benzene rings is 1. The van der Waals surface area contributed by atoms with Crippen molar-refractivity contribution in [2.24, 2.45) is 5.92 Å². The zero-order valence-corrected chi connectivity index (χ0v) is 14.6. The summed E-state index contributed by atoms with van der Waals surface area (Å²) < 4.78 is 0. The van der Waals surface area contributed by atoms with Crippen molar-refractivity contribution in [2.75, 3.05) is 26.2 Å². The number of nitrogens with zero attached hydrogens (tertiary/aromatic N) is 2. The normalized spacial score (nSPS) is 19.3. The Kier molecular flexibility index (Phi) is 4.60. The van der Waals surface area contributed by atoms with Gasteiger partial charge in [-0.15, -0.1) is 0 Å². The number of carbonyl (C=O) groups is 2. The van der Waals surface area contributed by atoms with E-state index in [1.165, 1.54) is 29.2 Å². The summed E-state index contributed by atoms with van der Waals surface area (Å²) in [6, 6.07) is 6.59. The summed E-state index contributed by atoms with van der Waals surface area (Å²) in [5.74, 6) is 0.264. The summed E-state index contributed by atoms with van der Waals surface area (Å²) in [6.07, 6.45) is 2.22. The molecule has 24 heavy (non-hydrogen) atoms. The van der Waals surface area contributed by atoms with Crippen molar-refractivity contribution in [1.82, 2.24) is 15.1 Å². The molecule has 128 valence electrons. The first-order valence-electron chi connectivity index (χ1n) is 8.45. The molecule has 2 heterocycles. The van der Waals surface area contributed by atoms with Gasteiger partial charge in [-0.1, -0.05) is 23.8 Å². The molecule has 0 aliphatic carbocycles. The molecule has 1 aromatic carbocycles. The van der Waals surface area contributed by atoms with Gasteiger partial charge in [-0.05, 0) is 30.5 Å². The fraction of sp³-hybridized carbons (Fsp3) is 0.474. The Morgan fingerprint density at radius 2 is 2.04 bits per heavy atom. The molecule has 5 nitrogen and oxygen atoms in total. The van der Waals surface area contributed by atoms with Gasteiger partial charge in [0, 0.05) is 45.2 Å². The minimum absolute atomic E-state index is 0.00132. The SMILES string of the molecule is CC(=O)NCC(=O)N1CC2=CN(Cc3ccc(C)cc3C)CC2C1. The molecule has 2 aliphatic rings. The van der Waals surface area contributed by atoms with Gasteiger partial charge in [0.05, 0.1) is 6.54 Å². The standard InChI is InChI=1S/C19H25N3O2/c1-13-4-5-16(14(2)6-13)8-21-9-17-11-22(12-18(17)10-21)19(24)7-20-15(3)23/h4-6,9,18H,7-8,10-12H2,1-3H3,(H,20,23). The topological polar surface area (TPSA) is 52.7 Å². The number of amides is 2. The van der Waals surface area contributed by atoms with E-state index in [2.05, 4.69) is 48.5 Å². The molecule has 5 heteroatoms. The average molecular weight is 327 g/mol. The van der Waals surface area contributed by atoms with Gasteiger partial charge >= 0.3 is 0 Å². The number of aryl methyl sites for hydroxylation is 2. The predicted molar refractivity (Wildman–Crippen MR) is 93.2 cm³/mol. The van der Waals surface area contributed by atoms with Gasteiger partial charge in [0.2, 0.25) is 11.8 Å². The molecular formula is C19H25N3O2. The lowest BCUT2D eigenvalue weighted by Crippen LogP contribution is -2.39. The Bertz CT molecular complexity index is 696. The van der Waals surface area contributed by atoms with E-state index >= 15 is 0 Å². The fourth-order valence-corrected chi connectivity index (χ4v) is 3.54. The zero-order valence-electron chi connectivity index (χ0n) is 14.6. The van der Waals surface area contributed by atoms with E-state index < -0.39 is 0 Å². The van der Waals surface area contributed by atoms with Crippen molar-refractivity contribution in [1.29, 1.82) is 0 Å². The molecule has 0 bridgehead atoms. The summed E-state index contributed by atoms with van der Waals surface area (Å²) >= 11 is 0. The maximum absolute atomic E-state index is 12.1. The number of hydrogen-bond donors (Lipinski definition) is 1. The van der Waals surface area contributed by atoms with Crippen molar-refractivity contribution in [3.8, 4) is 0 Å². The van der Waals surface area contributed by atoms with Crippen molar-refractivity contribution in [3.63, 3.8) is 0 Å². The largest absolute Gasteiger partial charge is 0.372 e. The van der Waals surface area contributed by atoms with Crippen LogP contribution in [0.25, 0.3) is 0 Å². The first-order valence-corrected chi connectivity index (χ1v) is 8.45. The molecule has 2 aliphatic heterocycles. The molecule has 1 N–H and O–H groups in total. The van der Waals surface area contributed by atoms with Crippen LogP contribution in [0.15, 0.2) is 30.0 Å². The van der Waals surface area contributed by atoms with Crippen LogP contribution in [0.2, 0.25) is 0 Å². The molecule has 1 unspecified atom stereocenters. The number of carbonyl (C=O) groups excluding carboxylic acids is 2. The van der Waals surface area contributed by atoms with Gasteiger partial charge in [-0.2, -0.15) is 0 Å². The van der Waals surface area contributed by atoms with E-state index in [4.69, 9.17) is 0 Å². The summed E-state index contributed by atoms with van der Waals surface area (Å²) in [5.41, 5.74) is 5.31. The quantitative estimate of drug-likeness (QED) is 0.914. The van der Waals surface area contributed by atoms with E-state index in [9.17, 15) is 9.59 Å². The van der Waals surface area contributed by atoms with Crippen LogP contribution in [0.1, 0.15) is 23.6 Å². The Balaban J connectivity index is 1.58. The minimum atomic E-state index is -0.165. The summed E-state index contributed by atoms with van der Waals surface area (Å²) in [6.45, 7) is 9.14. The molecule has 3 rings (SSSR count). The molecule has 1 atom stereocenters. The van der Waals surface area contributed by atoms with Crippen molar-refractivity contribution in [2.45, 2.75) is 27.3 Å². The van der Waals surface area contributed by atoms with E-state index in [1.54, 1.807) is 0 Å². The number of nitrogens with one attached hydrogen (secondary N) is 1. The highest BCUT2D eigenvalue weighted by Gasteiger charge is 2.35. The van der Waals surface area contributed by atoms with Gasteiger partial charge in [0.25, 0.3) is 0 Å². The van der Waals surface area contributed by atoms with Gasteiger partial charge in [-0.3, -0.25) is 9.59 Å². The predicted octanol–water partition coefficient (Wildman–Crippen LogP) is 1.60. The van der Waals surface area contributed by atoms with Crippen LogP contribution in [-0.2, 0) is 16.1 Å². The summed E-state index contributed by atoms with van der Waals surface area (Å²) in [7, 11) is 0. The third-order valence-electron chi connectivity index (χ3n) is 4.85. The van der Waals surface area contributed by atoms with Gasteiger partial charge < -0.3 is 15.1 Å². The van der Waals surface area contributed by atoms with Gasteiger partial charge in [0.15, 0.2) is 0 Å². The van der Waals surface area contributed by atoms with Crippen LogP contribution >= 0.6 is 0 Å². The van der Waals surface area contributed by atoms with E-state index in [-0.39, 0.29) is 18.4 Å². The molecule has 0 aromatic heterocycles. The number of fused-ring (bicyclic) bond motifs is 1.